The Morgan fingerprint density at radius 2 is 1.67 bits per heavy atom. The van der Waals surface area contributed by atoms with Crippen LogP contribution in [0.3, 0.4) is 0 Å². The monoisotopic (exact) mass is 217 g/mol. The lowest BCUT2D eigenvalue weighted by molar-refractivity contribution is -0.150. The first-order valence-electron chi connectivity index (χ1n) is 5.40. The molecule has 4 heteroatoms. The largest absolute Gasteiger partial charge is 0.480 e. The van der Waals surface area contributed by atoms with Crippen molar-refractivity contribution >= 4 is 11.9 Å². The van der Waals surface area contributed by atoms with Crippen molar-refractivity contribution < 1.29 is 14.7 Å². The van der Waals surface area contributed by atoms with Crippen LogP contribution in [0.25, 0.3) is 0 Å². The van der Waals surface area contributed by atoms with Crippen molar-refractivity contribution in [2.24, 2.45) is 5.92 Å². The fraction of sp³-hybridized carbons (Fsp3) is 0.818. The van der Waals surface area contributed by atoms with Gasteiger partial charge in [-0.1, -0.05) is 34.6 Å². The molecule has 0 saturated heterocycles. The quantitative estimate of drug-likeness (QED) is 0.783. The summed E-state index contributed by atoms with van der Waals surface area (Å²) in [5.74, 6) is -1.15. The van der Waals surface area contributed by atoms with E-state index in [0.717, 1.165) is 0 Å². The number of carbonyl (C=O) groups excluding carboxylic acids is 1. The van der Waals surface area contributed by atoms with Crippen LogP contribution in [0.5, 0.6) is 0 Å². The molecule has 1 N–H and O–H groups in total. The third kappa shape index (κ3) is 5.40. The summed E-state index contributed by atoms with van der Waals surface area (Å²) in [7, 11) is 1.53. The molecule has 0 heterocycles. The normalized spacial score (nSPS) is 11.4. The van der Waals surface area contributed by atoms with Gasteiger partial charge >= 0.3 is 5.97 Å². The fourth-order valence-corrected chi connectivity index (χ4v) is 1.30. The zero-order valence-electron chi connectivity index (χ0n) is 10.6. The second-order valence-corrected chi connectivity index (χ2v) is 3.39. The van der Waals surface area contributed by atoms with E-state index in [2.05, 4.69) is 0 Å². The average Bonchev–Trinajstić information content (AvgIpc) is 2.18. The molecule has 15 heavy (non-hydrogen) atoms. The number of carboxylic acid groups (broad SMARTS) is 1. The molecule has 0 saturated carbocycles. The van der Waals surface area contributed by atoms with Gasteiger partial charge in [-0.15, -0.1) is 0 Å². The third-order valence-electron chi connectivity index (χ3n) is 2.00. The first-order valence-corrected chi connectivity index (χ1v) is 5.40. The average molecular weight is 217 g/mol. The molecule has 0 aromatic heterocycles. The van der Waals surface area contributed by atoms with Crippen LogP contribution in [0.4, 0.5) is 0 Å². The summed E-state index contributed by atoms with van der Waals surface area (Å²) in [6, 6.07) is -0.715. The lowest BCUT2D eigenvalue weighted by atomic mass is 10.0. The number of likely N-dealkylation sites (N-methyl/N-ethyl adjacent to an activating group) is 1. The molecule has 0 aromatic carbocycles. The molecule has 90 valence electrons. The van der Waals surface area contributed by atoms with Gasteiger partial charge in [0.1, 0.15) is 6.04 Å². The minimum absolute atomic E-state index is 0.0713. The minimum Gasteiger partial charge on any atom is -0.480 e. The van der Waals surface area contributed by atoms with E-state index < -0.39 is 12.0 Å². The molecule has 1 atom stereocenters. The number of amides is 1. The van der Waals surface area contributed by atoms with Gasteiger partial charge in [0.2, 0.25) is 5.91 Å². The molecule has 0 bridgehead atoms. The molecule has 1 unspecified atom stereocenters. The summed E-state index contributed by atoms with van der Waals surface area (Å²) < 4.78 is 0. The van der Waals surface area contributed by atoms with Crippen LogP contribution in [0, 0.1) is 5.92 Å². The number of aliphatic carboxylic acids is 1. The lowest BCUT2D eigenvalue weighted by Gasteiger charge is -2.27. The minimum atomic E-state index is -0.945. The Kier molecular flexibility index (Phi) is 9.02. The van der Waals surface area contributed by atoms with E-state index in [9.17, 15) is 9.59 Å². The predicted octanol–water partition coefficient (Wildman–Crippen LogP) is 1.99. The third-order valence-corrected chi connectivity index (χ3v) is 2.00. The standard InChI is InChI=1S/C9H17NO3.C2H6/c1-5-7(11)10(4)8(6(2)3)9(12)13;1-2/h6,8H,5H2,1-4H3,(H,12,13);1-2H3. The highest BCUT2D eigenvalue weighted by molar-refractivity contribution is 5.83. The van der Waals surface area contributed by atoms with E-state index in [4.69, 9.17) is 5.11 Å². The smallest absolute Gasteiger partial charge is 0.326 e. The maximum Gasteiger partial charge on any atom is 0.326 e. The van der Waals surface area contributed by atoms with Gasteiger partial charge in [0.15, 0.2) is 0 Å². The van der Waals surface area contributed by atoms with Crippen LogP contribution in [-0.4, -0.2) is 35.0 Å². The molecule has 0 fully saturated rings. The van der Waals surface area contributed by atoms with Gasteiger partial charge < -0.3 is 10.0 Å². The van der Waals surface area contributed by atoms with Crippen molar-refractivity contribution in [2.45, 2.75) is 47.1 Å². The number of carboxylic acids is 1. The summed E-state index contributed by atoms with van der Waals surface area (Å²) in [6.07, 6.45) is 0.340. The van der Waals surface area contributed by atoms with Gasteiger partial charge in [-0.25, -0.2) is 4.79 Å². The molecule has 0 rings (SSSR count). The topological polar surface area (TPSA) is 57.6 Å². The highest BCUT2D eigenvalue weighted by Crippen LogP contribution is 2.10. The molecule has 0 aliphatic rings. The summed E-state index contributed by atoms with van der Waals surface area (Å²) in [5.41, 5.74) is 0. The van der Waals surface area contributed by atoms with Crippen LogP contribution in [0.15, 0.2) is 0 Å². The molecular formula is C11H23NO3. The van der Waals surface area contributed by atoms with Crippen molar-refractivity contribution in [1.29, 1.82) is 0 Å². The van der Waals surface area contributed by atoms with Gasteiger partial charge in [0, 0.05) is 13.5 Å². The van der Waals surface area contributed by atoms with Crippen LogP contribution in [0.2, 0.25) is 0 Å². The Labute approximate surface area is 92.3 Å². The number of hydrogen-bond donors (Lipinski definition) is 1. The van der Waals surface area contributed by atoms with Gasteiger partial charge in [0.25, 0.3) is 0 Å². The Bertz CT molecular complexity index is 202. The van der Waals surface area contributed by atoms with Crippen LogP contribution >= 0.6 is 0 Å². The van der Waals surface area contributed by atoms with E-state index in [0.29, 0.717) is 6.42 Å². The SMILES string of the molecule is CC.CCC(=O)N(C)C(C(=O)O)C(C)C. The molecule has 0 aliphatic carbocycles. The number of rotatable bonds is 4. The van der Waals surface area contributed by atoms with E-state index in [1.54, 1.807) is 20.8 Å². The summed E-state index contributed by atoms with van der Waals surface area (Å²) in [4.78, 5) is 23.3. The number of hydrogen-bond acceptors (Lipinski definition) is 2. The van der Waals surface area contributed by atoms with E-state index in [1.807, 2.05) is 13.8 Å². The summed E-state index contributed by atoms with van der Waals surface area (Å²) in [6.45, 7) is 9.30. The van der Waals surface area contributed by atoms with Crippen molar-refractivity contribution in [3.8, 4) is 0 Å². The van der Waals surface area contributed by atoms with E-state index >= 15 is 0 Å². The second-order valence-electron chi connectivity index (χ2n) is 3.39. The van der Waals surface area contributed by atoms with Crippen molar-refractivity contribution in [3.63, 3.8) is 0 Å². The Morgan fingerprint density at radius 1 is 1.27 bits per heavy atom. The molecule has 0 spiro atoms. The molecule has 4 nitrogen and oxygen atoms in total. The Hall–Kier alpha value is -1.06. The van der Waals surface area contributed by atoms with Crippen molar-refractivity contribution in [2.75, 3.05) is 7.05 Å². The molecule has 0 radical (unpaired) electrons. The van der Waals surface area contributed by atoms with Gasteiger partial charge in [-0.2, -0.15) is 0 Å². The van der Waals surface area contributed by atoms with Gasteiger partial charge in [-0.3, -0.25) is 4.79 Å². The Morgan fingerprint density at radius 3 is 1.87 bits per heavy atom. The number of nitrogens with zero attached hydrogens (tertiary/aromatic N) is 1. The van der Waals surface area contributed by atoms with Crippen molar-refractivity contribution in [1.82, 2.24) is 4.90 Å². The molecule has 0 aliphatic heterocycles. The van der Waals surface area contributed by atoms with Gasteiger partial charge in [-0.05, 0) is 5.92 Å². The maximum absolute atomic E-state index is 11.2. The highest BCUT2D eigenvalue weighted by Gasteiger charge is 2.28. The molecule has 1 amide bonds. The first kappa shape index (κ1) is 16.4. The maximum atomic E-state index is 11.2. The molecular weight excluding hydrogens is 194 g/mol. The summed E-state index contributed by atoms with van der Waals surface area (Å²) in [5, 5.41) is 8.86. The zero-order valence-corrected chi connectivity index (χ0v) is 10.6. The zero-order chi connectivity index (χ0) is 12.6. The number of carbonyl (C=O) groups is 2. The second kappa shape index (κ2) is 8.26. The van der Waals surface area contributed by atoms with Crippen LogP contribution in [-0.2, 0) is 9.59 Å². The van der Waals surface area contributed by atoms with E-state index in [1.165, 1.54) is 11.9 Å². The molecule has 0 aromatic rings. The Balaban J connectivity index is 0. The highest BCUT2D eigenvalue weighted by atomic mass is 16.4. The fourth-order valence-electron chi connectivity index (χ4n) is 1.30. The summed E-state index contributed by atoms with van der Waals surface area (Å²) >= 11 is 0. The first-order chi connectivity index (χ1) is 6.91. The van der Waals surface area contributed by atoms with Crippen LogP contribution in [0.1, 0.15) is 41.0 Å². The van der Waals surface area contributed by atoms with Crippen LogP contribution < -0.4 is 0 Å². The van der Waals surface area contributed by atoms with Gasteiger partial charge in [0.05, 0.1) is 0 Å². The lowest BCUT2D eigenvalue weighted by Crippen LogP contribution is -2.45. The van der Waals surface area contributed by atoms with Crippen molar-refractivity contribution in [3.05, 3.63) is 0 Å². The van der Waals surface area contributed by atoms with E-state index in [-0.39, 0.29) is 11.8 Å². The predicted molar refractivity (Wildman–Crippen MR) is 60.7 cm³/mol.